The van der Waals surface area contributed by atoms with Crippen molar-refractivity contribution in [1.82, 2.24) is 19.7 Å². The zero-order chi connectivity index (χ0) is 32.1. The smallest absolute Gasteiger partial charge is 0.305 e. The van der Waals surface area contributed by atoms with Crippen molar-refractivity contribution in [3.63, 3.8) is 0 Å². The van der Waals surface area contributed by atoms with E-state index in [-0.39, 0.29) is 34.8 Å². The van der Waals surface area contributed by atoms with Crippen molar-refractivity contribution in [1.29, 1.82) is 0 Å². The Morgan fingerprint density at radius 3 is 1.93 bits per heavy atom. The maximum absolute atomic E-state index is 14.2. The fraction of sp³-hybridized carbons (Fsp3) is 0.344. The number of sulfone groups is 2. The van der Waals surface area contributed by atoms with Crippen molar-refractivity contribution in [2.45, 2.75) is 54.2 Å². The van der Waals surface area contributed by atoms with Gasteiger partial charge in [0.15, 0.2) is 19.7 Å². The molecule has 1 atom stereocenters. The molecule has 6 rings (SSSR count). The Balaban J connectivity index is 1.27. The number of thiazole rings is 1. The molecule has 2 fully saturated rings. The van der Waals surface area contributed by atoms with Crippen LogP contribution in [0.15, 0.2) is 82.0 Å². The molecule has 0 N–H and O–H groups in total. The minimum absolute atomic E-state index is 0.0146. The van der Waals surface area contributed by atoms with Crippen LogP contribution in [0.4, 0.5) is 4.79 Å². The molecule has 3 aromatic carbocycles. The van der Waals surface area contributed by atoms with Gasteiger partial charge >= 0.3 is 6.03 Å². The molecule has 2 aliphatic heterocycles. The lowest BCUT2D eigenvalue weighted by Crippen LogP contribution is -2.56. The van der Waals surface area contributed by atoms with Crippen molar-refractivity contribution in [3.8, 4) is 0 Å². The number of fused-ring (bicyclic) bond motifs is 1. The molecule has 3 heterocycles. The molecule has 13 heteroatoms. The summed E-state index contributed by atoms with van der Waals surface area (Å²) in [5.74, 6) is -0.274. The number of hydrogen-bond acceptors (Lipinski definition) is 9. The first-order valence-electron chi connectivity index (χ1n) is 14.5. The molecular formula is C32H34N4O6S3. The highest BCUT2D eigenvalue weighted by Crippen LogP contribution is 2.41. The quantitative estimate of drug-likeness (QED) is 0.249. The first-order valence-corrected chi connectivity index (χ1v) is 19.2. The molecule has 3 amide bonds. The first kappa shape index (κ1) is 31.3. The molecule has 0 unspecified atom stereocenters. The number of likely N-dealkylation sites (tertiary alicyclic amines) is 1. The van der Waals surface area contributed by atoms with Crippen LogP contribution in [0.5, 0.6) is 0 Å². The molecule has 45 heavy (non-hydrogen) atoms. The molecule has 0 saturated carbocycles. The molecule has 10 nitrogen and oxygen atoms in total. The van der Waals surface area contributed by atoms with Crippen LogP contribution in [0.25, 0.3) is 10.2 Å². The number of carbonyl (C=O) groups is 2. The molecule has 2 saturated heterocycles. The van der Waals surface area contributed by atoms with Gasteiger partial charge in [-0.25, -0.2) is 26.6 Å². The number of aromatic nitrogens is 1. The van der Waals surface area contributed by atoms with Gasteiger partial charge in [0.2, 0.25) is 0 Å². The van der Waals surface area contributed by atoms with E-state index in [1.165, 1.54) is 29.2 Å². The van der Waals surface area contributed by atoms with E-state index >= 15 is 0 Å². The number of piperidine rings is 1. The van der Waals surface area contributed by atoms with E-state index in [1.807, 2.05) is 5.51 Å². The zero-order valence-corrected chi connectivity index (χ0v) is 27.7. The standard InChI is InChI=1S/C32H34N4O6S3/c1-22(25-8-13-29-28(18-25)33-21-43-29)34-16-14-32(15-17-34)30(37)35(19-23-4-9-26(10-5-23)44(2,39)40)31(38)36(32)20-24-6-11-27(12-7-24)45(3,41)42/h4-13,18,21-22H,14-17,19-20H2,1-3H3/t22-/m1/s1. The van der Waals surface area contributed by atoms with Crippen LogP contribution in [0.1, 0.15) is 42.5 Å². The number of benzene rings is 3. The van der Waals surface area contributed by atoms with Crippen LogP contribution >= 0.6 is 11.3 Å². The van der Waals surface area contributed by atoms with Crippen molar-refractivity contribution >= 4 is 53.2 Å². The van der Waals surface area contributed by atoms with E-state index in [4.69, 9.17) is 0 Å². The highest BCUT2D eigenvalue weighted by molar-refractivity contribution is 7.91. The molecule has 0 radical (unpaired) electrons. The molecule has 1 aromatic heterocycles. The lowest BCUT2D eigenvalue weighted by atomic mass is 9.84. The summed E-state index contributed by atoms with van der Waals surface area (Å²) in [6.07, 6.45) is 3.14. The van der Waals surface area contributed by atoms with Crippen molar-refractivity contribution < 1.29 is 26.4 Å². The molecule has 0 bridgehead atoms. The van der Waals surface area contributed by atoms with Crippen LogP contribution in [0.3, 0.4) is 0 Å². The van der Waals surface area contributed by atoms with Crippen LogP contribution in [0, 0.1) is 0 Å². The first-order chi connectivity index (χ1) is 21.3. The molecule has 236 valence electrons. The Labute approximate surface area is 267 Å². The maximum Gasteiger partial charge on any atom is 0.328 e. The van der Waals surface area contributed by atoms with E-state index in [0.717, 1.165) is 33.9 Å². The van der Waals surface area contributed by atoms with Gasteiger partial charge in [-0.3, -0.25) is 14.6 Å². The number of nitrogens with zero attached hydrogens (tertiary/aromatic N) is 4. The van der Waals surface area contributed by atoms with Gasteiger partial charge in [-0.2, -0.15) is 0 Å². The van der Waals surface area contributed by atoms with Gasteiger partial charge in [0.25, 0.3) is 5.91 Å². The molecule has 2 aliphatic rings. The summed E-state index contributed by atoms with van der Waals surface area (Å²) >= 11 is 1.60. The third-order valence-electron chi connectivity index (χ3n) is 9.02. The van der Waals surface area contributed by atoms with E-state index in [9.17, 15) is 26.4 Å². The second kappa shape index (κ2) is 11.6. The van der Waals surface area contributed by atoms with Gasteiger partial charge in [-0.1, -0.05) is 30.3 Å². The highest BCUT2D eigenvalue weighted by Gasteiger charge is 2.58. The number of amides is 3. The number of imide groups is 1. The average Bonchev–Trinajstić information content (AvgIpc) is 3.55. The maximum atomic E-state index is 14.2. The summed E-state index contributed by atoms with van der Waals surface area (Å²) < 4.78 is 49.0. The largest absolute Gasteiger partial charge is 0.328 e. The van der Waals surface area contributed by atoms with E-state index in [1.54, 1.807) is 40.5 Å². The van der Waals surface area contributed by atoms with Gasteiger partial charge < -0.3 is 4.90 Å². The molecular weight excluding hydrogens is 633 g/mol. The number of rotatable bonds is 8. The molecule has 4 aromatic rings. The minimum Gasteiger partial charge on any atom is -0.305 e. The van der Waals surface area contributed by atoms with Gasteiger partial charge in [-0.05, 0) is 72.9 Å². The summed E-state index contributed by atoms with van der Waals surface area (Å²) in [7, 11) is -6.77. The minimum atomic E-state index is -3.39. The Bertz CT molecular complexity index is 1980. The molecule has 0 aliphatic carbocycles. The fourth-order valence-electron chi connectivity index (χ4n) is 6.30. The summed E-state index contributed by atoms with van der Waals surface area (Å²) in [5, 5.41) is 0. The summed E-state index contributed by atoms with van der Waals surface area (Å²) in [6, 6.07) is 18.6. The predicted octanol–water partition coefficient (Wildman–Crippen LogP) is 4.66. The Kier molecular flexibility index (Phi) is 8.09. The predicted molar refractivity (Wildman–Crippen MR) is 172 cm³/mol. The van der Waals surface area contributed by atoms with Gasteiger partial charge in [-0.15, -0.1) is 11.3 Å². The summed E-state index contributed by atoms with van der Waals surface area (Å²) in [4.78, 5) is 38.3. The van der Waals surface area contributed by atoms with E-state index in [2.05, 4.69) is 35.0 Å². The fourth-order valence-corrected chi connectivity index (χ4v) is 8.22. The van der Waals surface area contributed by atoms with Crippen LogP contribution in [-0.4, -0.2) is 79.6 Å². The van der Waals surface area contributed by atoms with E-state index in [0.29, 0.717) is 31.5 Å². The number of carbonyl (C=O) groups excluding carboxylic acids is 2. The zero-order valence-electron chi connectivity index (χ0n) is 25.2. The lowest BCUT2D eigenvalue weighted by Gasteiger charge is -2.44. The Morgan fingerprint density at radius 2 is 1.38 bits per heavy atom. The van der Waals surface area contributed by atoms with Crippen molar-refractivity contribution in [2.24, 2.45) is 0 Å². The highest BCUT2D eigenvalue weighted by atomic mass is 32.2. The van der Waals surface area contributed by atoms with Crippen LogP contribution in [0.2, 0.25) is 0 Å². The number of hydrogen-bond donors (Lipinski definition) is 0. The van der Waals surface area contributed by atoms with Crippen molar-refractivity contribution in [2.75, 3.05) is 25.6 Å². The van der Waals surface area contributed by atoms with Gasteiger partial charge in [0.05, 0.1) is 32.1 Å². The average molecular weight is 667 g/mol. The second-order valence-corrected chi connectivity index (χ2v) is 16.8. The Morgan fingerprint density at radius 1 is 0.822 bits per heavy atom. The van der Waals surface area contributed by atoms with E-state index < -0.39 is 31.2 Å². The van der Waals surface area contributed by atoms with Crippen LogP contribution in [-0.2, 0) is 37.6 Å². The van der Waals surface area contributed by atoms with Crippen molar-refractivity contribution in [3.05, 3.63) is 88.9 Å². The van der Waals surface area contributed by atoms with Gasteiger partial charge in [0, 0.05) is 38.2 Å². The monoisotopic (exact) mass is 666 g/mol. The topological polar surface area (TPSA) is 125 Å². The summed E-state index contributed by atoms with van der Waals surface area (Å²) in [5.41, 5.74) is 4.23. The lowest BCUT2D eigenvalue weighted by molar-refractivity contribution is -0.136. The molecule has 1 spiro atoms. The Hall–Kier alpha value is -3.65. The third-order valence-corrected chi connectivity index (χ3v) is 12.1. The second-order valence-electron chi connectivity index (χ2n) is 11.9. The SMILES string of the molecule is C[C@H](c1ccc2scnc2c1)N1CCC2(CC1)C(=O)N(Cc1ccc(S(C)(=O)=O)cc1)C(=O)N2Cc1ccc(S(C)(=O)=O)cc1. The third kappa shape index (κ3) is 6.01. The number of urea groups is 1. The summed E-state index contributed by atoms with van der Waals surface area (Å²) in [6.45, 7) is 3.49. The van der Waals surface area contributed by atoms with Gasteiger partial charge in [0.1, 0.15) is 5.54 Å². The van der Waals surface area contributed by atoms with Crippen LogP contribution < -0.4 is 0 Å². The normalized spacial score (nSPS) is 18.3.